The van der Waals surface area contributed by atoms with Gasteiger partial charge in [-0.3, -0.25) is 0 Å². The smallest absolute Gasteiger partial charge is 0.0601 e. The van der Waals surface area contributed by atoms with Gasteiger partial charge in [0.15, 0.2) is 0 Å². The minimum absolute atomic E-state index is 0.394. The average Bonchev–Trinajstić information content (AvgIpc) is 3.61. The van der Waals surface area contributed by atoms with Crippen molar-refractivity contribution in [2.75, 3.05) is 9.80 Å². The minimum Gasteiger partial charge on any atom is -0.310 e. The van der Waals surface area contributed by atoms with Crippen molar-refractivity contribution in [2.45, 2.75) is 53.7 Å². The molecule has 7 aromatic carbocycles. The van der Waals surface area contributed by atoms with Crippen LogP contribution in [-0.2, 0) is 5.41 Å². The molecule has 56 heavy (non-hydrogen) atoms. The fourth-order valence-corrected chi connectivity index (χ4v) is 13.5. The van der Waals surface area contributed by atoms with Gasteiger partial charge in [-0.15, -0.1) is 11.3 Å². The van der Waals surface area contributed by atoms with Crippen molar-refractivity contribution in [1.82, 2.24) is 0 Å². The predicted octanol–water partition coefficient (Wildman–Crippen LogP) is 15.6. The van der Waals surface area contributed by atoms with E-state index in [2.05, 4.69) is 174 Å². The maximum atomic E-state index is 2.49. The van der Waals surface area contributed by atoms with E-state index in [0.29, 0.717) is 5.41 Å². The summed E-state index contributed by atoms with van der Waals surface area (Å²) < 4.78 is 2.67. The largest absolute Gasteiger partial charge is 0.310 e. The van der Waals surface area contributed by atoms with E-state index >= 15 is 0 Å². The zero-order valence-corrected chi connectivity index (χ0v) is 32.9. The molecule has 4 saturated carbocycles. The zero-order valence-electron chi connectivity index (χ0n) is 31.3. The molecule has 8 aromatic rings. The topological polar surface area (TPSA) is 6.48 Å². The van der Waals surface area contributed by atoms with Gasteiger partial charge in [-0.1, -0.05) is 96.7 Å². The van der Waals surface area contributed by atoms with Crippen LogP contribution >= 0.6 is 23.1 Å². The normalized spacial score (nSPS) is 22.0. The number of anilines is 6. The number of rotatable bonds is 6. The third-order valence-corrected chi connectivity index (χ3v) is 15.7. The summed E-state index contributed by atoms with van der Waals surface area (Å²) in [5.74, 6) is 2.83. The molecule has 1 aliphatic heterocycles. The van der Waals surface area contributed by atoms with Gasteiger partial charge in [-0.25, -0.2) is 0 Å². The van der Waals surface area contributed by atoms with Crippen LogP contribution in [0.1, 0.15) is 44.1 Å². The standard InChI is InChI=1S/C52H42N2S2/c1-4-10-48-44(7-1)45-26-25-43(30-51(45)55-48)53(41-23-17-39(18-24-41)52-31-34-27-35(32-52)29-36(28-34)33-52)40-19-13-37(14-20-40)38-15-21-42(22-16-38)54-46-8-2-5-11-49(46)56-50-12-6-3-9-47(50)54/h1-26,30,34-36H,27-29,31-33H2. The first-order chi connectivity index (χ1) is 27.6. The molecule has 5 aliphatic rings. The Labute approximate surface area is 337 Å². The minimum atomic E-state index is 0.394. The van der Waals surface area contributed by atoms with Crippen LogP contribution in [0.3, 0.4) is 0 Å². The van der Waals surface area contributed by atoms with Crippen LogP contribution in [0.5, 0.6) is 0 Å². The van der Waals surface area contributed by atoms with Gasteiger partial charge in [0.05, 0.1) is 11.4 Å². The molecule has 1 aromatic heterocycles. The molecule has 0 radical (unpaired) electrons. The van der Waals surface area contributed by atoms with Crippen LogP contribution in [0.2, 0.25) is 0 Å². The van der Waals surface area contributed by atoms with Gasteiger partial charge in [0.1, 0.15) is 0 Å². The second kappa shape index (κ2) is 12.9. The molecule has 4 heteroatoms. The molecule has 0 saturated heterocycles. The molecule has 4 aliphatic carbocycles. The van der Waals surface area contributed by atoms with Crippen LogP contribution in [0.4, 0.5) is 34.1 Å². The summed E-state index contributed by atoms with van der Waals surface area (Å²) in [4.78, 5) is 7.42. The van der Waals surface area contributed by atoms with Crippen molar-refractivity contribution in [2.24, 2.45) is 17.8 Å². The van der Waals surface area contributed by atoms with E-state index in [0.717, 1.165) is 17.8 Å². The molecule has 272 valence electrons. The fourth-order valence-electron chi connectivity index (χ4n) is 11.3. The van der Waals surface area contributed by atoms with Gasteiger partial charge < -0.3 is 9.80 Å². The summed E-state index contributed by atoms with van der Waals surface area (Å²) in [6.45, 7) is 0. The van der Waals surface area contributed by atoms with Crippen molar-refractivity contribution < 1.29 is 0 Å². The van der Waals surface area contributed by atoms with E-state index in [1.807, 2.05) is 23.1 Å². The van der Waals surface area contributed by atoms with E-state index in [4.69, 9.17) is 0 Å². The summed E-state index contributed by atoms with van der Waals surface area (Å²) in [5, 5.41) is 2.68. The first-order valence-corrected chi connectivity index (χ1v) is 22.0. The van der Waals surface area contributed by atoms with Gasteiger partial charge in [0.25, 0.3) is 0 Å². The molecule has 0 atom stereocenters. The summed E-state index contributed by atoms with van der Waals surface area (Å²) in [6.07, 6.45) is 8.62. The van der Waals surface area contributed by atoms with Crippen molar-refractivity contribution in [3.05, 3.63) is 169 Å². The number of hydrogen-bond acceptors (Lipinski definition) is 4. The van der Waals surface area contributed by atoms with Crippen LogP contribution in [0.15, 0.2) is 174 Å². The Morgan fingerprint density at radius 1 is 0.482 bits per heavy atom. The van der Waals surface area contributed by atoms with E-state index < -0.39 is 0 Å². The Morgan fingerprint density at radius 3 is 1.64 bits per heavy atom. The molecular formula is C52H42N2S2. The molecule has 4 bridgehead atoms. The summed E-state index contributed by atoms with van der Waals surface area (Å²) in [6, 6.07) is 61.3. The second-order valence-corrected chi connectivity index (χ2v) is 19.0. The maximum absolute atomic E-state index is 2.49. The molecule has 2 nitrogen and oxygen atoms in total. The van der Waals surface area contributed by atoms with Crippen LogP contribution in [0, 0.1) is 17.8 Å². The molecule has 0 N–H and O–H groups in total. The Kier molecular flexibility index (Phi) is 7.57. The molecular weight excluding hydrogens is 717 g/mol. The van der Waals surface area contributed by atoms with Gasteiger partial charge in [0, 0.05) is 52.7 Å². The molecule has 4 fully saturated rings. The van der Waals surface area contributed by atoms with Gasteiger partial charge in [-0.2, -0.15) is 0 Å². The van der Waals surface area contributed by atoms with E-state index in [1.54, 1.807) is 5.56 Å². The van der Waals surface area contributed by atoms with E-state index in [-0.39, 0.29) is 0 Å². The van der Waals surface area contributed by atoms with Gasteiger partial charge >= 0.3 is 0 Å². The lowest BCUT2D eigenvalue weighted by Crippen LogP contribution is -2.48. The number of thiophene rings is 1. The molecule has 13 rings (SSSR count). The Balaban J connectivity index is 0.894. The highest BCUT2D eigenvalue weighted by molar-refractivity contribution is 7.99. The van der Waals surface area contributed by atoms with Gasteiger partial charge in [0.2, 0.25) is 0 Å². The van der Waals surface area contributed by atoms with E-state index in [1.165, 1.54) is 114 Å². The molecule has 0 unspecified atom stereocenters. The SMILES string of the molecule is c1ccc2c(c1)Sc1ccccc1N2c1ccc(-c2ccc(N(c3ccc(C45CC6CC(CC(C6)C4)C5)cc3)c3ccc4c(c3)sc3ccccc34)cc2)cc1. The quantitative estimate of drug-likeness (QED) is 0.167. The number of fused-ring (bicyclic) bond motifs is 5. The lowest BCUT2D eigenvalue weighted by molar-refractivity contribution is -0.00518. The maximum Gasteiger partial charge on any atom is 0.0601 e. The number of nitrogens with zero attached hydrogens (tertiary/aromatic N) is 2. The van der Waals surface area contributed by atoms with Crippen LogP contribution in [0.25, 0.3) is 31.3 Å². The van der Waals surface area contributed by atoms with Crippen molar-refractivity contribution >= 4 is 77.4 Å². The lowest BCUT2D eigenvalue weighted by atomic mass is 9.48. The summed E-state index contributed by atoms with van der Waals surface area (Å²) in [5.41, 5.74) is 11.6. The highest BCUT2D eigenvalue weighted by Crippen LogP contribution is 2.61. The highest BCUT2D eigenvalue weighted by atomic mass is 32.2. The van der Waals surface area contributed by atoms with Crippen molar-refractivity contribution in [1.29, 1.82) is 0 Å². The Hall–Kier alpha value is -5.29. The highest BCUT2D eigenvalue weighted by Gasteiger charge is 2.51. The lowest BCUT2D eigenvalue weighted by Gasteiger charge is -2.57. The average molecular weight is 759 g/mol. The number of para-hydroxylation sites is 2. The first kappa shape index (κ1) is 32.9. The second-order valence-electron chi connectivity index (χ2n) is 16.8. The van der Waals surface area contributed by atoms with E-state index in [9.17, 15) is 0 Å². The molecule has 0 spiro atoms. The third kappa shape index (κ3) is 5.37. The Bertz CT molecular complexity index is 2680. The number of benzene rings is 7. The Morgan fingerprint density at radius 2 is 1.00 bits per heavy atom. The van der Waals surface area contributed by atoms with Crippen molar-refractivity contribution in [3.8, 4) is 11.1 Å². The van der Waals surface area contributed by atoms with Crippen LogP contribution < -0.4 is 9.80 Å². The monoisotopic (exact) mass is 758 g/mol. The fraction of sp³-hybridized carbons (Fsp3) is 0.192. The molecule has 2 heterocycles. The summed E-state index contributed by atoms with van der Waals surface area (Å²) in [7, 11) is 0. The third-order valence-electron chi connectivity index (χ3n) is 13.4. The van der Waals surface area contributed by atoms with Crippen LogP contribution in [-0.4, -0.2) is 0 Å². The zero-order chi connectivity index (χ0) is 36.8. The van der Waals surface area contributed by atoms with Crippen molar-refractivity contribution in [3.63, 3.8) is 0 Å². The molecule has 0 amide bonds. The van der Waals surface area contributed by atoms with Gasteiger partial charge in [-0.05, 0) is 157 Å². The predicted molar refractivity (Wildman–Crippen MR) is 238 cm³/mol. The summed E-state index contributed by atoms with van der Waals surface area (Å²) >= 11 is 3.74. The number of hydrogen-bond donors (Lipinski definition) is 0. The first-order valence-electron chi connectivity index (χ1n) is 20.3.